The van der Waals surface area contributed by atoms with Crippen molar-refractivity contribution in [3.05, 3.63) is 36.2 Å². The van der Waals surface area contributed by atoms with E-state index in [0.717, 1.165) is 12.2 Å². The van der Waals surface area contributed by atoms with Crippen LogP contribution in [0.3, 0.4) is 0 Å². The molecule has 6 heteroatoms. The third kappa shape index (κ3) is 3.28. The van der Waals surface area contributed by atoms with Gasteiger partial charge in [0.1, 0.15) is 12.3 Å². The Labute approximate surface area is 105 Å². The van der Waals surface area contributed by atoms with E-state index >= 15 is 0 Å². The van der Waals surface area contributed by atoms with Crippen molar-refractivity contribution in [3.8, 4) is 11.8 Å². The fourth-order valence-electron chi connectivity index (χ4n) is 1.53. The Morgan fingerprint density at radius 2 is 2.11 bits per heavy atom. The number of aromatic nitrogens is 4. The zero-order valence-electron chi connectivity index (χ0n) is 9.86. The van der Waals surface area contributed by atoms with Crippen LogP contribution in [0, 0.1) is 11.3 Å². The molecule has 18 heavy (non-hydrogen) atoms. The largest absolute Gasteiger partial charge is 0.494 e. The summed E-state index contributed by atoms with van der Waals surface area (Å²) in [5, 5.41) is 19.7. The van der Waals surface area contributed by atoms with Gasteiger partial charge in [-0.3, -0.25) is 0 Å². The summed E-state index contributed by atoms with van der Waals surface area (Å²) in [5.74, 6) is 1.57. The molecule has 1 heterocycles. The molecule has 2 rings (SSSR count). The van der Waals surface area contributed by atoms with Crippen molar-refractivity contribution in [2.75, 3.05) is 6.61 Å². The Kier molecular flexibility index (Phi) is 4.25. The number of nitrogens with zero attached hydrogens (tertiary/aromatic N) is 5. The van der Waals surface area contributed by atoms with Crippen LogP contribution in [0.4, 0.5) is 0 Å². The standard InChI is InChI=1S/C12H13N5O/c13-8-9-17-12(14-15-16-17)7-4-10-18-11-5-2-1-3-6-11/h1-3,5-6H,4,7,9-10H2. The van der Waals surface area contributed by atoms with Crippen LogP contribution in [0.15, 0.2) is 30.3 Å². The molecular formula is C12H13N5O. The van der Waals surface area contributed by atoms with Gasteiger partial charge in [0.25, 0.3) is 0 Å². The molecule has 0 spiro atoms. The first-order valence-electron chi connectivity index (χ1n) is 5.70. The Morgan fingerprint density at radius 3 is 2.89 bits per heavy atom. The first-order valence-corrected chi connectivity index (χ1v) is 5.70. The maximum absolute atomic E-state index is 8.59. The molecule has 0 unspecified atom stereocenters. The number of rotatable bonds is 6. The van der Waals surface area contributed by atoms with Crippen LogP contribution in [0.5, 0.6) is 5.75 Å². The van der Waals surface area contributed by atoms with Gasteiger partial charge in [-0.15, -0.1) is 5.10 Å². The first kappa shape index (κ1) is 12.0. The van der Waals surface area contributed by atoms with Crippen molar-refractivity contribution in [1.29, 1.82) is 5.26 Å². The van der Waals surface area contributed by atoms with Crippen LogP contribution in [0.2, 0.25) is 0 Å². The van der Waals surface area contributed by atoms with Crippen molar-refractivity contribution >= 4 is 0 Å². The minimum atomic E-state index is 0.182. The topological polar surface area (TPSA) is 76.6 Å². The lowest BCUT2D eigenvalue weighted by Gasteiger charge is -2.05. The molecule has 0 N–H and O–H groups in total. The van der Waals surface area contributed by atoms with E-state index in [2.05, 4.69) is 15.5 Å². The van der Waals surface area contributed by atoms with E-state index in [0.29, 0.717) is 18.9 Å². The van der Waals surface area contributed by atoms with E-state index in [1.807, 2.05) is 36.4 Å². The Morgan fingerprint density at radius 1 is 1.28 bits per heavy atom. The zero-order chi connectivity index (χ0) is 12.6. The fourth-order valence-corrected chi connectivity index (χ4v) is 1.53. The summed E-state index contributed by atoms with van der Waals surface area (Å²) in [6.07, 6.45) is 1.50. The van der Waals surface area contributed by atoms with Gasteiger partial charge in [0.15, 0.2) is 5.82 Å². The third-order valence-corrected chi connectivity index (χ3v) is 2.38. The number of hydrogen-bond acceptors (Lipinski definition) is 5. The molecule has 0 amide bonds. The van der Waals surface area contributed by atoms with Gasteiger partial charge in [0.2, 0.25) is 0 Å². The molecule has 0 fully saturated rings. The minimum Gasteiger partial charge on any atom is -0.494 e. The van der Waals surface area contributed by atoms with E-state index < -0.39 is 0 Å². The van der Waals surface area contributed by atoms with Gasteiger partial charge in [0, 0.05) is 6.42 Å². The summed E-state index contributed by atoms with van der Waals surface area (Å²) >= 11 is 0. The third-order valence-electron chi connectivity index (χ3n) is 2.38. The minimum absolute atomic E-state index is 0.182. The summed E-state index contributed by atoms with van der Waals surface area (Å²) in [6, 6.07) is 11.7. The highest BCUT2D eigenvalue weighted by Gasteiger charge is 2.04. The quantitative estimate of drug-likeness (QED) is 0.713. The van der Waals surface area contributed by atoms with Crippen LogP contribution >= 0.6 is 0 Å². The number of aryl methyl sites for hydroxylation is 1. The molecule has 0 aliphatic carbocycles. The Balaban J connectivity index is 1.75. The fraction of sp³-hybridized carbons (Fsp3) is 0.333. The van der Waals surface area contributed by atoms with Gasteiger partial charge < -0.3 is 4.74 Å². The second-order valence-electron chi connectivity index (χ2n) is 3.68. The summed E-state index contributed by atoms with van der Waals surface area (Å²) in [7, 11) is 0. The van der Waals surface area contributed by atoms with Gasteiger partial charge in [-0.05, 0) is 29.0 Å². The van der Waals surface area contributed by atoms with E-state index in [9.17, 15) is 0 Å². The molecule has 6 nitrogen and oxygen atoms in total. The number of para-hydroxylation sites is 1. The van der Waals surface area contributed by atoms with Crippen LogP contribution in [0.1, 0.15) is 12.2 Å². The van der Waals surface area contributed by atoms with Crippen molar-refractivity contribution in [3.63, 3.8) is 0 Å². The average molecular weight is 243 g/mol. The van der Waals surface area contributed by atoms with Gasteiger partial charge in [-0.2, -0.15) is 5.26 Å². The van der Waals surface area contributed by atoms with E-state index in [-0.39, 0.29) is 6.54 Å². The molecule has 1 aromatic heterocycles. The number of ether oxygens (including phenoxy) is 1. The summed E-state index contributed by atoms with van der Waals surface area (Å²) in [6.45, 7) is 0.783. The van der Waals surface area contributed by atoms with Crippen LogP contribution < -0.4 is 4.74 Å². The number of tetrazole rings is 1. The van der Waals surface area contributed by atoms with Crippen LogP contribution in [-0.4, -0.2) is 26.8 Å². The van der Waals surface area contributed by atoms with Gasteiger partial charge in [-0.25, -0.2) is 4.68 Å². The molecule has 0 saturated heterocycles. The smallest absolute Gasteiger partial charge is 0.152 e. The van der Waals surface area contributed by atoms with Crippen molar-refractivity contribution in [1.82, 2.24) is 20.2 Å². The summed E-state index contributed by atoms with van der Waals surface area (Å²) in [4.78, 5) is 0. The molecule has 0 atom stereocenters. The second-order valence-corrected chi connectivity index (χ2v) is 3.68. The zero-order valence-corrected chi connectivity index (χ0v) is 9.86. The lowest BCUT2D eigenvalue weighted by Crippen LogP contribution is -2.07. The Hall–Kier alpha value is -2.42. The normalized spacial score (nSPS) is 9.94. The van der Waals surface area contributed by atoms with E-state index in [1.54, 1.807) is 0 Å². The molecule has 0 aliphatic rings. The van der Waals surface area contributed by atoms with E-state index in [1.165, 1.54) is 4.68 Å². The lowest BCUT2D eigenvalue weighted by molar-refractivity contribution is 0.309. The maximum Gasteiger partial charge on any atom is 0.152 e. The summed E-state index contributed by atoms with van der Waals surface area (Å²) in [5.41, 5.74) is 0. The van der Waals surface area contributed by atoms with Crippen molar-refractivity contribution in [2.45, 2.75) is 19.4 Å². The van der Waals surface area contributed by atoms with E-state index in [4.69, 9.17) is 10.00 Å². The highest BCUT2D eigenvalue weighted by molar-refractivity contribution is 5.20. The average Bonchev–Trinajstić information content (AvgIpc) is 2.84. The molecule has 1 aromatic carbocycles. The number of hydrogen-bond donors (Lipinski definition) is 0. The Bertz CT molecular complexity index is 517. The highest BCUT2D eigenvalue weighted by atomic mass is 16.5. The van der Waals surface area contributed by atoms with Crippen molar-refractivity contribution < 1.29 is 4.74 Å². The molecular weight excluding hydrogens is 230 g/mol. The molecule has 0 radical (unpaired) electrons. The number of benzene rings is 1. The van der Waals surface area contributed by atoms with Crippen LogP contribution in [0.25, 0.3) is 0 Å². The highest BCUT2D eigenvalue weighted by Crippen LogP contribution is 2.09. The SMILES string of the molecule is N#CCn1nnnc1CCCOc1ccccc1. The summed E-state index contributed by atoms with van der Waals surface area (Å²) < 4.78 is 7.06. The lowest BCUT2D eigenvalue weighted by atomic mass is 10.3. The molecule has 0 saturated carbocycles. The molecule has 0 bridgehead atoms. The molecule has 0 aliphatic heterocycles. The van der Waals surface area contributed by atoms with Gasteiger partial charge in [0.05, 0.1) is 12.7 Å². The first-order chi connectivity index (χ1) is 8.90. The second kappa shape index (κ2) is 6.35. The molecule has 2 aromatic rings. The monoisotopic (exact) mass is 243 g/mol. The predicted molar refractivity (Wildman–Crippen MR) is 63.7 cm³/mol. The van der Waals surface area contributed by atoms with Gasteiger partial charge in [-0.1, -0.05) is 18.2 Å². The predicted octanol–water partition coefficient (Wildman–Crippen LogP) is 1.21. The maximum atomic E-state index is 8.59. The van der Waals surface area contributed by atoms with Crippen LogP contribution in [-0.2, 0) is 13.0 Å². The van der Waals surface area contributed by atoms with Gasteiger partial charge >= 0.3 is 0 Å². The molecule has 92 valence electrons. The van der Waals surface area contributed by atoms with Crippen molar-refractivity contribution in [2.24, 2.45) is 0 Å². The number of nitriles is 1.